The molecule has 0 aliphatic carbocycles. The Hall–Kier alpha value is -3.41. The van der Waals surface area contributed by atoms with Gasteiger partial charge in [-0.05, 0) is 48.9 Å². The van der Waals surface area contributed by atoms with Crippen molar-refractivity contribution >= 4 is 22.6 Å². The number of benzene rings is 3. The summed E-state index contributed by atoms with van der Waals surface area (Å²) in [5.41, 5.74) is 0.740. The Morgan fingerprint density at radius 2 is 1.67 bits per heavy atom. The van der Waals surface area contributed by atoms with Crippen LogP contribution in [-0.2, 0) is 16.1 Å². The van der Waals surface area contributed by atoms with Gasteiger partial charge in [0.15, 0.2) is 6.61 Å². The first kappa shape index (κ1) is 24.2. The van der Waals surface area contributed by atoms with E-state index in [1.54, 1.807) is 12.1 Å². The summed E-state index contributed by atoms with van der Waals surface area (Å²) < 4.78 is 19.3. The third-order valence-electron chi connectivity index (χ3n) is 5.75. The Bertz CT molecular complexity index is 1080. The van der Waals surface area contributed by atoms with Gasteiger partial charge in [0.05, 0.1) is 0 Å². The molecule has 0 heterocycles. The van der Waals surface area contributed by atoms with Gasteiger partial charge in [0.1, 0.15) is 17.6 Å². The van der Waals surface area contributed by atoms with Crippen molar-refractivity contribution in [3.8, 4) is 5.75 Å². The van der Waals surface area contributed by atoms with Gasteiger partial charge in [-0.25, -0.2) is 4.39 Å². The molecule has 2 atom stereocenters. The van der Waals surface area contributed by atoms with Crippen LogP contribution in [0.15, 0.2) is 66.7 Å². The van der Waals surface area contributed by atoms with Crippen molar-refractivity contribution in [2.24, 2.45) is 0 Å². The third kappa shape index (κ3) is 6.31. The van der Waals surface area contributed by atoms with Gasteiger partial charge in [0.2, 0.25) is 5.91 Å². The number of carbonyl (C=O) groups is 2. The van der Waals surface area contributed by atoms with Crippen LogP contribution in [0.5, 0.6) is 5.75 Å². The van der Waals surface area contributed by atoms with Gasteiger partial charge in [-0.1, -0.05) is 62.4 Å². The van der Waals surface area contributed by atoms with E-state index >= 15 is 0 Å². The molecule has 6 heteroatoms. The lowest BCUT2D eigenvalue weighted by molar-refractivity contribution is -0.143. The molecule has 0 bridgehead atoms. The standard InChI is InChI=1S/C27H31FN2O3/c1-4-19(3)29-27(32)24(5-2)30(17-20-13-15-22(28)16-14-20)26(31)18-33-25-12-8-10-21-9-6-7-11-23(21)25/h6-16,19,24H,4-5,17-18H2,1-3H3,(H,29,32). The molecule has 2 unspecified atom stereocenters. The van der Waals surface area contributed by atoms with E-state index in [2.05, 4.69) is 5.32 Å². The number of hydrogen-bond acceptors (Lipinski definition) is 3. The van der Waals surface area contributed by atoms with Crippen LogP contribution in [0, 0.1) is 5.82 Å². The number of amides is 2. The molecule has 0 saturated carbocycles. The van der Waals surface area contributed by atoms with Crippen LogP contribution in [-0.4, -0.2) is 35.4 Å². The van der Waals surface area contributed by atoms with Crippen LogP contribution in [0.25, 0.3) is 10.8 Å². The second-order valence-corrected chi connectivity index (χ2v) is 8.16. The molecule has 2 amide bonds. The minimum Gasteiger partial charge on any atom is -0.483 e. The molecular formula is C27H31FN2O3. The fourth-order valence-corrected chi connectivity index (χ4v) is 3.69. The molecule has 0 aromatic heterocycles. The topological polar surface area (TPSA) is 58.6 Å². The van der Waals surface area contributed by atoms with Crippen molar-refractivity contribution in [1.29, 1.82) is 0 Å². The molecule has 1 N–H and O–H groups in total. The molecule has 3 rings (SSSR count). The van der Waals surface area contributed by atoms with Gasteiger partial charge >= 0.3 is 0 Å². The highest BCUT2D eigenvalue weighted by Crippen LogP contribution is 2.25. The van der Waals surface area contributed by atoms with Gasteiger partial charge in [0.25, 0.3) is 5.91 Å². The minimum absolute atomic E-state index is 0.00116. The molecule has 0 radical (unpaired) electrons. The number of nitrogens with one attached hydrogen (secondary N) is 1. The van der Waals surface area contributed by atoms with Crippen molar-refractivity contribution in [1.82, 2.24) is 10.2 Å². The molecule has 0 aliphatic rings. The molecular weight excluding hydrogens is 419 g/mol. The predicted octanol–water partition coefficient (Wildman–Crippen LogP) is 5.08. The molecule has 5 nitrogen and oxygen atoms in total. The zero-order chi connectivity index (χ0) is 23.8. The Morgan fingerprint density at radius 3 is 2.36 bits per heavy atom. The molecule has 0 aliphatic heterocycles. The fraction of sp³-hybridized carbons (Fsp3) is 0.333. The minimum atomic E-state index is -0.660. The highest BCUT2D eigenvalue weighted by molar-refractivity contribution is 5.90. The highest BCUT2D eigenvalue weighted by atomic mass is 19.1. The number of ether oxygens (including phenoxy) is 1. The molecule has 174 valence electrons. The lowest BCUT2D eigenvalue weighted by Crippen LogP contribution is -2.51. The Labute approximate surface area is 194 Å². The van der Waals surface area contributed by atoms with E-state index in [0.717, 1.165) is 22.8 Å². The maximum atomic E-state index is 13.4. The number of rotatable bonds is 10. The zero-order valence-electron chi connectivity index (χ0n) is 19.4. The van der Waals surface area contributed by atoms with E-state index in [1.807, 2.05) is 63.2 Å². The van der Waals surface area contributed by atoms with Gasteiger partial charge in [-0.3, -0.25) is 9.59 Å². The summed E-state index contributed by atoms with van der Waals surface area (Å²) in [4.78, 5) is 27.8. The van der Waals surface area contributed by atoms with Gasteiger partial charge in [-0.15, -0.1) is 0 Å². The van der Waals surface area contributed by atoms with E-state index < -0.39 is 6.04 Å². The first-order valence-corrected chi connectivity index (χ1v) is 11.4. The molecule has 3 aromatic rings. The number of fused-ring (bicyclic) bond motifs is 1. The van der Waals surface area contributed by atoms with E-state index in [1.165, 1.54) is 17.0 Å². The van der Waals surface area contributed by atoms with Crippen LogP contribution in [0.1, 0.15) is 39.2 Å². The first-order valence-electron chi connectivity index (χ1n) is 11.4. The zero-order valence-corrected chi connectivity index (χ0v) is 19.4. The molecule has 0 saturated heterocycles. The van der Waals surface area contributed by atoms with Crippen LogP contribution >= 0.6 is 0 Å². The first-order chi connectivity index (χ1) is 15.9. The summed E-state index contributed by atoms with van der Waals surface area (Å²) >= 11 is 0. The summed E-state index contributed by atoms with van der Waals surface area (Å²) in [7, 11) is 0. The van der Waals surface area contributed by atoms with Crippen LogP contribution < -0.4 is 10.1 Å². The van der Waals surface area contributed by atoms with Gasteiger partial charge < -0.3 is 15.0 Å². The number of halogens is 1. The molecule has 3 aromatic carbocycles. The quantitative estimate of drug-likeness (QED) is 0.469. The summed E-state index contributed by atoms with van der Waals surface area (Å²) in [5.74, 6) is -0.247. The summed E-state index contributed by atoms with van der Waals surface area (Å²) in [6, 6.07) is 18.8. The lowest BCUT2D eigenvalue weighted by Gasteiger charge is -2.31. The van der Waals surface area contributed by atoms with Gasteiger partial charge in [0, 0.05) is 18.0 Å². The lowest BCUT2D eigenvalue weighted by atomic mass is 10.1. The molecule has 33 heavy (non-hydrogen) atoms. The van der Waals surface area contributed by atoms with E-state index in [9.17, 15) is 14.0 Å². The monoisotopic (exact) mass is 450 g/mol. The number of carbonyl (C=O) groups excluding carboxylic acids is 2. The molecule has 0 spiro atoms. The summed E-state index contributed by atoms with van der Waals surface area (Å²) in [6.07, 6.45) is 1.24. The average molecular weight is 451 g/mol. The Balaban J connectivity index is 1.82. The normalized spacial score (nSPS) is 12.7. The van der Waals surface area contributed by atoms with Gasteiger partial charge in [-0.2, -0.15) is 0 Å². The fourth-order valence-electron chi connectivity index (χ4n) is 3.69. The average Bonchev–Trinajstić information content (AvgIpc) is 2.83. The van der Waals surface area contributed by atoms with Crippen molar-refractivity contribution in [3.63, 3.8) is 0 Å². The highest BCUT2D eigenvalue weighted by Gasteiger charge is 2.29. The van der Waals surface area contributed by atoms with E-state index in [0.29, 0.717) is 12.2 Å². The summed E-state index contributed by atoms with van der Waals surface area (Å²) in [6.45, 7) is 5.77. The number of nitrogens with zero attached hydrogens (tertiary/aromatic N) is 1. The maximum Gasteiger partial charge on any atom is 0.261 e. The SMILES string of the molecule is CCC(C)NC(=O)C(CC)N(Cc1ccc(F)cc1)C(=O)COc1cccc2ccccc12. The van der Waals surface area contributed by atoms with E-state index in [4.69, 9.17) is 4.74 Å². The molecule has 0 fully saturated rings. The largest absolute Gasteiger partial charge is 0.483 e. The van der Waals surface area contributed by atoms with Crippen molar-refractivity contribution in [2.75, 3.05) is 6.61 Å². The van der Waals surface area contributed by atoms with Crippen LogP contribution in [0.2, 0.25) is 0 Å². The smallest absolute Gasteiger partial charge is 0.261 e. The summed E-state index contributed by atoms with van der Waals surface area (Å²) in [5, 5.41) is 4.91. The maximum absolute atomic E-state index is 13.4. The van der Waals surface area contributed by atoms with E-state index in [-0.39, 0.29) is 36.8 Å². The second-order valence-electron chi connectivity index (χ2n) is 8.16. The van der Waals surface area contributed by atoms with Crippen LogP contribution in [0.4, 0.5) is 4.39 Å². The second kappa shape index (κ2) is 11.5. The van der Waals surface area contributed by atoms with Crippen molar-refractivity contribution in [3.05, 3.63) is 78.1 Å². The Kier molecular flexibility index (Phi) is 8.41. The third-order valence-corrected chi connectivity index (χ3v) is 5.75. The van der Waals surface area contributed by atoms with Crippen molar-refractivity contribution < 1.29 is 18.7 Å². The number of hydrogen-bond donors (Lipinski definition) is 1. The Morgan fingerprint density at radius 1 is 0.970 bits per heavy atom. The van der Waals surface area contributed by atoms with Crippen molar-refractivity contribution in [2.45, 2.75) is 52.2 Å². The van der Waals surface area contributed by atoms with Crippen LogP contribution in [0.3, 0.4) is 0 Å². The predicted molar refractivity (Wildman–Crippen MR) is 128 cm³/mol.